The second kappa shape index (κ2) is 5.61. The highest BCUT2D eigenvalue weighted by molar-refractivity contribution is 6.42. The van der Waals surface area contributed by atoms with Crippen LogP contribution < -0.4 is 16.2 Å². The number of halogens is 2. The Morgan fingerprint density at radius 3 is 2.40 bits per heavy atom. The number of methoxy groups -OCH3 is 1. The Hall–Kier alpha value is -1.91. The third-order valence-corrected chi connectivity index (χ3v) is 3.64. The summed E-state index contributed by atoms with van der Waals surface area (Å²) in [6.07, 6.45) is 0. The van der Waals surface area contributed by atoms with E-state index in [0.717, 1.165) is 0 Å². The smallest absolute Gasteiger partial charge is 0.249 e. The van der Waals surface area contributed by atoms with Crippen LogP contribution in [0.25, 0.3) is 11.1 Å². The van der Waals surface area contributed by atoms with E-state index in [2.05, 4.69) is 0 Å². The molecule has 104 valence electrons. The molecule has 2 aromatic carbocycles. The summed E-state index contributed by atoms with van der Waals surface area (Å²) >= 11 is 11.9. The van der Waals surface area contributed by atoms with Crippen LogP contribution in [-0.4, -0.2) is 13.0 Å². The third-order valence-electron chi connectivity index (χ3n) is 2.90. The number of nitrogen functional groups attached to an aromatic ring is 1. The van der Waals surface area contributed by atoms with Gasteiger partial charge in [-0.2, -0.15) is 0 Å². The number of carbonyl (C=O) groups excluding carboxylic acids is 1. The van der Waals surface area contributed by atoms with Gasteiger partial charge in [-0.05, 0) is 29.8 Å². The fraction of sp³-hybridized carbons (Fsp3) is 0.0714. The Kier molecular flexibility index (Phi) is 4.06. The van der Waals surface area contributed by atoms with Crippen molar-refractivity contribution in [2.75, 3.05) is 12.8 Å². The molecule has 4 nitrogen and oxygen atoms in total. The Morgan fingerprint density at radius 1 is 1.15 bits per heavy atom. The summed E-state index contributed by atoms with van der Waals surface area (Å²) in [5, 5.41) is 0.777. The molecule has 0 fully saturated rings. The van der Waals surface area contributed by atoms with Crippen molar-refractivity contribution in [1.82, 2.24) is 0 Å². The van der Waals surface area contributed by atoms with Crippen LogP contribution in [-0.2, 0) is 0 Å². The molecule has 6 heteroatoms. The molecule has 0 saturated carbocycles. The molecule has 0 aromatic heterocycles. The standard InChI is InChI=1S/C14H12Cl2N2O2/c1-20-11-5-3-8(14(18)19)12(13(11)17)7-2-4-9(15)10(16)6-7/h2-6H,17H2,1H3,(H2,18,19). The molecular formula is C14H12Cl2N2O2. The minimum absolute atomic E-state index is 0.293. The zero-order valence-corrected chi connectivity index (χ0v) is 12.1. The predicted molar refractivity (Wildman–Crippen MR) is 81.4 cm³/mol. The Morgan fingerprint density at radius 2 is 1.85 bits per heavy atom. The number of benzene rings is 2. The van der Waals surface area contributed by atoms with E-state index >= 15 is 0 Å². The van der Waals surface area contributed by atoms with Crippen molar-refractivity contribution in [2.24, 2.45) is 5.73 Å². The molecule has 0 aliphatic heterocycles. The van der Waals surface area contributed by atoms with Crippen LogP contribution in [0.3, 0.4) is 0 Å². The van der Waals surface area contributed by atoms with E-state index < -0.39 is 5.91 Å². The first-order chi connectivity index (χ1) is 9.45. The first-order valence-electron chi connectivity index (χ1n) is 5.67. The van der Waals surface area contributed by atoms with Crippen LogP contribution in [0.1, 0.15) is 10.4 Å². The second-order valence-corrected chi connectivity index (χ2v) is 4.91. The fourth-order valence-corrected chi connectivity index (χ4v) is 2.24. The number of ether oxygens (including phenoxy) is 1. The monoisotopic (exact) mass is 310 g/mol. The van der Waals surface area contributed by atoms with Crippen molar-refractivity contribution in [3.05, 3.63) is 45.9 Å². The topological polar surface area (TPSA) is 78.3 Å². The summed E-state index contributed by atoms with van der Waals surface area (Å²) in [5.41, 5.74) is 13.2. The van der Waals surface area contributed by atoms with Gasteiger partial charge in [0.05, 0.1) is 22.8 Å². The molecule has 0 unspecified atom stereocenters. The molecule has 0 saturated heterocycles. The van der Waals surface area contributed by atoms with Gasteiger partial charge in [-0.3, -0.25) is 4.79 Å². The van der Waals surface area contributed by atoms with Gasteiger partial charge in [0.1, 0.15) is 5.75 Å². The number of hydrogen-bond donors (Lipinski definition) is 2. The van der Waals surface area contributed by atoms with E-state index in [1.807, 2.05) is 0 Å². The van der Waals surface area contributed by atoms with Crippen LogP contribution >= 0.6 is 23.2 Å². The molecule has 0 spiro atoms. The van der Waals surface area contributed by atoms with Crippen LogP contribution in [0.2, 0.25) is 10.0 Å². The van der Waals surface area contributed by atoms with Gasteiger partial charge in [-0.1, -0.05) is 29.3 Å². The van der Waals surface area contributed by atoms with E-state index in [1.54, 1.807) is 30.3 Å². The van der Waals surface area contributed by atoms with Crippen molar-refractivity contribution in [2.45, 2.75) is 0 Å². The molecule has 20 heavy (non-hydrogen) atoms. The van der Waals surface area contributed by atoms with E-state index in [0.29, 0.717) is 38.2 Å². The number of anilines is 1. The van der Waals surface area contributed by atoms with Gasteiger partial charge in [-0.15, -0.1) is 0 Å². The van der Waals surface area contributed by atoms with Gasteiger partial charge in [0.15, 0.2) is 0 Å². The summed E-state index contributed by atoms with van der Waals surface area (Å²) < 4.78 is 5.16. The average molecular weight is 311 g/mol. The summed E-state index contributed by atoms with van der Waals surface area (Å²) in [6.45, 7) is 0. The number of primary amides is 1. The van der Waals surface area contributed by atoms with Gasteiger partial charge in [-0.25, -0.2) is 0 Å². The Balaban J connectivity index is 2.75. The van der Waals surface area contributed by atoms with Gasteiger partial charge >= 0.3 is 0 Å². The van der Waals surface area contributed by atoms with Crippen molar-refractivity contribution in [1.29, 1.82) is 0 Å². The maximum Gasteiger partial charge on any atom is 0.249 e. The van der Waals surface area contributed by atoms with Gasteiger partial charge in [0.25, 0.3) is 0 Å². The van der Waals surface area contributed by atoms with Gasteiger partial charge in [0.2, 0.25) is 5.91 Å². The zero-order valence-electron chi connectivity index (χ0n) is 10.6. The lowest BCUT2D eigenvalue weighted by Crippen LogP contribution is -2.13. The van der Waals surface area contributed by atoms with Crippen LogP contribution in [0.5, 0.6) is 5.75 Å². The van der Waals surface area contributed by atoms with Gasteiger partial charge in [0, 0.05) is 11.1 Å². The summed E-state index contributed by atoms with van der Waals surface area (Å²) in [6, 6.07) is 8.13. The van der Waals surface area contributed by atoms with E-state index in [9.17, 15) is 4.79 Å². The number of rotatable bonds is 3. The van der Waals surface area contributed by atoms with E-state index in [-0.39, 0.29) is 0 Å². The largest absolute Gasteiger partial charge is 0.495 e. The summed E-state index contributed by atoms with van der Waals surface area (Å²) in [7, 11) is 1.49. The lowest BCUT2D eigenvalue weighted by atomic mass is 9.97. The number of nitrogens with two attached hydrogens (primary N) is 2. The number of amides is 1. The SMILES string of the molecule is COc1ccc(C(N)=O)c(-c2ccc(Cl)c(Cl)c2)c1N. The molecule has 0 radical (unpaired) electrons. The summed E-state index contributed by atoms with van der Waals surface area (Å²) in [4.78, 5) is 11.6. The van der Waals surface area contributed by atoms with Crippen LogP contribution in [0, 0.1) is 0 Å². The molecule has 0 aliphatic carbocycles. The highest BCUT2D eigenvalue weighted by atomic mass is 35.5. The van der Waals surface area contributed by atoms with Crippen molar-refractivity contribution in [3.63, 3.8) is 0 Å². The lowest BCUT2D eigenvalue weighted by molar-refractivity contribution is 0.100. The summed E-state index contributed by atoms with van der Waals surface area (Å²) in [5.74, 6) is -0.128. The van der Waals surface area contributed by atoms with Crippen molar-refractivity contribution < 1.29 is 9.53 Å². The van der Waals surface area contributed by atoms with Crippen molar-refractivity contribution >= 4 is 34.8 Å². The number of hydrogen-bond acceptors (Lipinski definition) is 3. The second-order valence-electron chi connectivity index (χ2n) is 4.10. The third kappa shape index (κ3) is 2.53. The van der Waals surface area contributed by atoms with Crippen LogP contribution in [0.4, 0.5) is 5.69 Å². The maximum atomic E-state index is 11.6. The first kappa shape index (κ1) is 14.5. The average Bonchev–Trinajstić information content (AvgIpc) is 2.41. The maximum absolute atomic E-state index is 11.6. The normalized spacial score (nSPS) is 10.3. The molecule has 1 amide bonds. The molecule has 4 N–H and O–H groups in total. The molecule has 2 rings (SSSR count). The highest BCUT2D eigenvalue weighted by Gasteiger charge is 2.17. The highest BCUT2D eigenvalue weighted by Crippen LogP contribution is 2.38. The van der Waals surface area contributed by atoms with Gasteiger partial charge < -0.3 is 16.2 Å². The Bertz CT molecular complexity index is 687. The molecule has 0 bridgehead atoms. The number of carbonyl (C=O) groups is 1. The zero-order chi connectivity index (χ0) is 14.9. The fourth-order valence-electron chi connectivity index (χ4n) is 1.95. The van der Waals surface area contributed by atoms with E-state index in [4.69, 9.17) is 39.4 Å². The predicted octanol–water partition coefficient (Wildman–Crippen LogP) is 3.35. The molecule has 0 aliphatic rings. The van der Waals surface area contributed by atoms with Crippen molar-refractivity contribution in [3.8, 4) is 16.9 Å². The molecule has 2 aromatic rings. The minimum Gasteiger partial charge on any atom is -0.495 e. The Labute approximate surface area is 126 Å². The molecular weight excluding hydrogens is 299 g/mol. The molecule has 0 atom stereocenters. The first-order valence-corrected chi connectivity index (χ1v) is 6.43. The van der Waals surface area contributed by atoms with E-state index in [1.165, 1.54) is 7.11 Å². The quantitative estimate of drug-likeness (QED) is 0.853. The molecule has 0 heterocycles. The minimum atomic E-state index is -0.583. The van der Waals surface area contributed by atoms with Crippen LogP contribution in [0.15, 0.2) is 30.3 Å². The lowest BCUT2D eigenvalue weighted by Gasteiger charge is -2.14.